The Morgan fingerprint density at radius 2 is 2.39 bits per heavy atom. The highest BCUT2D eigenvalue weighted by molar-refractivity contribution is 5.96. The monoisotopic (exact) mass is 249 g/mol. The number of hydrogen-bond acceptors (Lipinski definition) is 3. The lowest BCUT2D eigenvalue weighted by molar-refractivity contribution is 0.0855. The van der Waals surface area contributed by atoms with Crippen LogP contribution in [-0.2, 0) is 11.2 Å². The number of nitrogens with one attached hydrogen (secondary N) is 1. The highest BCUT2D eigenvalue weighted by Crippen LogP contribution is 2.19. The normalized spacial score (nSPS) is 18.8. The van der Waals surface area contributed by atoms with Gasteiger partial charge in [0.05, 0.1) is 11.7 Å². The zero-order valence-electron chi connectivity index (χ0n) is 10.6. The Bertz CT molecular complexity index is 425. The number of rotatable bonds is 4. The number of carbonyl (C=O) groups is 1. The molecule has 0 saturated carbocycles. The van der Waals surface area contributed by atoms with E-state index in [1.54, 1.807) is 12.1 Å². The van der Waals surface area contributed by atoms with Crippen molar-refractivity contribution in [2.75, 3.05) is 13.2 Å². The first kappa shape index (κ1) is 12.9. The van der Waals surface area contributed by atoms with E-state index < -0.39 is 0 Å². The number of aromatic hydroxyl groups is 1. The van der Waals surface area contributed by atoms with Crippen molar-refractivity contribution in [2.24, 2.45) is 0 Å². The molecule has 18 heavy (non-hydrogen) atoms. The van der Waals surface area contributed by atoms with Crippen LogP contribution in [0.3, 0.4) is 0 Å². The quantitative estimate of drug-likeness (QED) is 0.856. The second kappa shape index (κ2) is 5.87. The number of ether oxygens (including phenoxy) is 1. The largest absolute Gasteiger partial charge is 0.507 e. The van der Waals surface area contributed by atoms with Crippen molar-refractivity contribution in [3.63, 3.8) is 0 Å². The fourth-order valence-electron chi connectivity index (χ4n) is 2.10. The van der Waals surface area contributed by atoms with Crippen LogP contribution in [-0.4, -0.2) is 30.3 Å². The van der Waals surface area contributed by atoms with Crippen LogP contribution in [0.25, 0.3) is 0 Å². The van der Waals surface area contributed by atoms with Gasteiger partial charge in [0.15, 0.2) is 0 Å². The number of carbonyl (C=O) groups excluding carboxylic acids is 1. The van der Waals surface area contributed by atoms with Crippen molar-refractivity contribution in [2.45, 2.75) is 32.3 Å². The maximum Gasteiger partial charge on any atom is 0.255 e. The number of amides is 1. The van der Waals surface area contributed by atoms with Crippen LogP contribution in [0.2, 0.25) is 0 Å². The van der Waals surface area contributed by atoms with Gasteiger partial charge in [-0.3, -0.25) is 4.79 Å². The molecule has 1 aromatic rings. The van der Waals surface area contributed by atoms with E-state index in [2.05, 4.69) is 5.32 Å². The second-order valence-electron chi connectivity index (χ2n) is 4.55. The van der Waals surface area contributed by atoms with Crippen LogP contribution in [0.4, 0.5) is 0 Å². The average molecular weight is 249 g/mol. The van der Waals surface area contributed by atoms with E-state index in [0.717, 1.165) is 31.4 Å². The Hall–Kier alpha value is -1.55. The maximum atomic E-state index is 11.9. The minimum Gasteiger partial charge on any atom is -0.507 e. The molecule has 4 heteroatoms. The first-order valence-corrected chi connectivity index (χ1v) is 6.42. The predicted octanol–water partition coefficient (Wildman–Crippen LogP) is 1.86. The van der Waals surface area contributed by atoms with E-state index >= 15 is 0 Å². The van der Waals surface area contributed by atoms with Crippen LogP contribution in [0, 0.1) is 0 Å². The first-order chi connectivity index (χ1) is 8.70. The Balaban J connectivity index is 1.95. The molecule has 1 aliphatic heterocycles. The number of phenolic OH excluding ortho intramolecular Hbond substituents is 1. The summed E-state index contributed by atoms with van der Waals surface area (Å²) in [6, 6.07) is 5.17. The van der Waals surface area contributed by atoms with E-state index in [1.807, 2.05) is 13.0 Å². The Morgan fingerprint density at radius 1 is 1.56 bits per heavy atom. The van der Waals surface area contributed by atoms with Gasteiger partial charge >= 0.3 is 0 Å². The molecule has 4 nitrogen and oxygen atoms in total. The third-order valence-corrected chi connectivity index (χ3v) is 3.23. The molecular formula is C14H19NO3. The number of hydrogen-bond donors (Lipinski definition) is 2. The molecule has 0 radical (unpaired) electrons. The smallest absolute Gasteiger partial charge is 0.255 e. The van der Waals surface area contributed by atoms with Gasteiger partial charge in [0.2, 0.25) is 0 Å². The van der Waals surface area contributed by atoms with Gasteiger partial charge in [-0.15, -0.1) is 0 Å². The van der Waals surface area contributed by atoms with E-state index in [-0.39, 0.29) is 17.8 Å². The van der Waals surface area contributed by atoms with E-state index in [4.69, 9.17) is 4.74 Å². The van der Waals surface area contributed by atoms with Gasteiger partial charge in [-0.1, -0.05) is 13.0 Å². The fourth-order valence-corrected chi connectivity index (χ4v) is 2.10. The summed E-state index contributed by atoms with van der Waals surface area (Å²) in [6.45, 7) is 3.29. The molecule has 1 heterocycles. The second-order valence-corrected chi connectivity index (χ2v) is 4.55. The summed E-state index contributed by atoms with van der Waals surface area (Å²) in [7, 11) is 0. The minimum atomic E-state index is -0.245. The Morgan fingerprint density at radius 3 is 3.00 bits per heavy atom. The van der Waals surface area contributed by atoms with Gasteiger partial charge in [0.25, 0.3) is 5.91 Å². The molecule has 1 aliphatic rings. The van der Waals surface area contributed by atoms with Gasteiger partial charge in [0, 0.05) is 13.2 Å². The summed E-state index contributed by atoms with van der Waals surface area (Å²) < 4.78 is 5.43. The Labute approximate surface area is 107 Å². The summed E-state index contributed by atoms with van der Waals surface area (Å²) in [6.07, 6.45) is 3.00. The van der Waals surface area contributed by atoms with Crippen LogP contribution >= 0.6 is 0 Å². The van der Waals surface area contributed by atoms with E-state index in [9.17, 15) is 9.90 Å². The lowest BCUT2D eigenvalue weighted by Crippen LogP contribution is -2.31. The average Bonchev–Trinajstić information content (AvgIpc) is 2.88. The topological polar surface area (TPSA) is 58.6 Å². The third-order valence-electron chi connectivity index (χ3n) is 3.23. The molecule has 0 aliphatic carbocycles. The van der Waals surface area contributed by atoms with Crippen LogP contribution in [0.15, 0.2) is 18.2 Å². The summed E-state index contributed by atoms with van der Waals surface area (Å²) in [5, 5.41) is 12.6. The van der Waals surface area contributed by atoms with Crippen LogP contribution in [0.5, 0.6) is 5.75 Å². The van der Waals surface area contributed by atoms with Gasteiger partial charge in [-0.25, -0.2) is 0 Å². The van der Waals surface area contributed by atoms with Gasteiger partial charge < -0.3 is 15.2 Å². The first-order valence-electron chi connectivity index (χ1n) is 6.42. The highest BCUT2D eigenvalue weighted by atomic mass is 16.5. The highest BCUT2D eigenvalue weighted by Gasteiger charge is 2.17. The number of aryl methyl sites for hydroxylation is 1. The van der Waals surface area contributed by atoms with Crippen molar-refractivity contribution in [1.82, 2.24) is 5.32 Å². The van der Waals surface area contributed by atoms with Crippen LogP contribution < -0.4 is 5.32 Å². The molecule has 2 rings (SSSR count). The van der Waals surface area contributed by atoms with Crippen molar-refractivity contribution in [1.29, 1.82) is 0 Å². The number of phenols is 1. The summed E-state index contributed by atoms with van der Waals surface area (Å²) >= 11 is 0. The molecule has 2 N–H and O–H groups in total. The van der Waals surface area contributed by atoms with Crippen molar-refractivity contribution in [3.8, 4) is 5.75 Å². The molecule has 1 saturated heterocycles. The SMILES string of the molecule is CCc1ccc(C(=O)NC[C@H]2CCCO2)c(O)c1. The van der Waals surface area contributed by atoms with Crippen molar-refractivity contribution >= 4 is 5.91 Å². The number of benzene rings is 1. The molecule has 98 valence electrons. The summed E-state index contributed by atoms with van der Waals surface area (Å²) in [5.41, 5.74) is 1.34. The maximum absolute atomic E-state index is 11.9. The standard InChI is InChI=1S/C14H19NO3/c1-2-10-5-6-12(13(16)8-10)14(17)15-9-11-4-3-7-18-11/h5-6,8,11,16H,2-4,7,9H2,1H3,(H,15,17)/t11-/m1/s1. The molecule has 1 aromatic carbocycles. The molecule has 0 bridgehead atoms. The van der Waals surface area contributed by atoms with Gasteiger partial charge in [-0.2, -0.15) is 0 Å². The van der Waals surface area contributed by atoms with Crippen molar-refractivity contribution < 1.29 is 14.6 Å². The zero-order valence-corrected chi connectivity index (χ0v) is 10.6. The van der Waals surface area contributed by atoms with Crippen molar-refractivity contribution in [3.05, 3.63) is 29.3 Å². The molecule has 1 atom stereocenters. The van der Waals surface area contributed by atoms with Crippen LogP contribution in [0.1, 0.15) is 35.7 Å². The zero-order chi connectivity index (χ0) is 13.0. The molecule has 0 spiro atoms. The summed E-state index contributed by atoms with van der Waals surface area (Å²) in [4.78, 5) is 11.9. The summed E-state index contributed by atoms with van der Waals surface area (Å²) in [5.74, 6) is -0.204. The lowest BCUT2D eigenvalue weighted by atomic mass is 10.1. The van der Waals surface area contributed by atoms with Gasteiger partial charge in [0.1, 0.15) is 5.75 Å². The predicted molar refractivity (Wildman–Crippen MR) is 68.8 cm³/mol. The molecule has 0 unspecified atom stereocenters. The third kappa shape index (κ3) is 3.01. The van der Waals surface area contributed by atoms with E-state index in [1.165, 1.54) is 0 Å². The van der Waals surface area contributed by atoms with Gasteiger partial charge in [-0.05, 0) is 37.0 Å². The Kier molecular flexibility index (Phi) is 4.20. The molecule has 1 amide bonds. The molecule has 0 aromatic heterocycles. The molecule has 1 fully saturated rings. The minimum absolute atomic E-state index is 0.0409. The molecular weight excluding hydrogens is 230 g/mol. The van der Waals surface area contributed by atoms with E-state index in [0.29, 0.717) is 12.1 Å². The lowest BCUT2D eigenvalue weighted by Gasteiger charge is -2.11. The fraction of sp³-hybridized carbons (Fsp3) is 0.500.